The van der Waals surface area contributed by atoms with Crippen molar-refractivity contribution in [3.05, 3.63) is 33.0 Å². The summed E-state index contributed by atoms with van der Waals surface area (Å²) >= 11 is 9.79. The Morgan fingerprint density at radius 2 is 2.16 bits per heavy atom. The smallest absolute Gasteiger partial charge is 0.153 e. The summed E-state index contributed by atoms with van der Waals surface area (Å²) in [4.78, 5) is 0. The minimum Gasteiger partial charge on any atom is -0.458 e. The number of furan rings is 1. The molecule has 1 N–H and O–H groups in total. The third-order valence-electron chi connectivity index (χ3n) is 3.53. The van der Waals surface area contributed by atoms with Gasteiger partial charge in [-0.25, -0.2) is 0 Å². The molecule has 1 aromatic heterocycles. The molecule has 1 aliphatic carbocycles. The molecule has 0 aliphatic heterocycles. The summed E-state index contributed by atoms with van der Waals surface area (Å²) in [5.74, 6) is 1.44. The standard InChI is InChI=1S/C15H17BrClNO/c1-8(2)14-11-5-9(16)6-12(17)15(11)19-13(14)7-18-10-3-4-10/h5-6,8,10,18H,3-4,7H2,1-2H3. The van der Waals surface area contributed by atoms with Gasteiger partial charge in [0.2, 0.25) is 0 Å². The van der Waals surface area contributed by atoms with Crippen molar-refractivity contribution in [3.63, 3.8) is 0 Å². The van der Waals surface area contributed by atoms with Gasteiger partial charge in [0, 0.05) is 21.5 Å². The number of benzene rings is 1. The summed E-state index contributed by atoms with van der Waals surface area (Å²) in [5.41, 5.74) is 2.08. The zero-order valence-corrected chi connectivity index (χ0v) is 13.4. The van der Waals surface area contributed by atoms with Crippen molar-refractivity contribution in [2.24, 2.45) is 0 Å². The van der Waals surface area contributed by atoms with Crippen molar-refractivity contribution in [1.29, 1.82) is 0 Å². The van der Waals surface area contributed by atoms with E-state index in [2.05, 4.69) is 41.2 Å². The van der Waals surface area contributed by atoms with Crippen molar-refractivity contribution in [2.75, 3.05) is 0 Å². The summed E-state index contributed by atoms with van der Waals surface area (Å²) in [6.07, 6.45) is 2.56. The summed E-state index contributed by atoms with van der Waals surface area (Å²) in [6.45, 7) is 5.18. The van der Waals surface area contributed by atoms with Gasteiger partial charge in [-0.3, -0.25) is 0 Å². The summed E-state index contributed by atoms with van der Waals surface area (Å²) < 4.78 is 7.00. The lowest BCUT2D eigenvalue weighted by atomic mass is 9.99. The quantitative estimate of drug-likeness (QED) is 0.823. The van der Waals surface area contributed by atoms with Crippen LogP contribution in [0.15, 0.2) is 21.0 Å². The number of rotatable bonds is 4. The molecule has 102 valence electrons. The lowest BCUT2D eigenvalue weighted by Crippen LogP contribution is -2.15. The van der Waals surface area contributed by atoms with Gasteiger partial charge in [0.25, 0.3) is 0 Å². The number of halogens is 2. The number of fused-ring (bicyclic) bond motifs is 1. The first-order chi connectivity index (χ1) is 9.06. The molecule has 2 aromatic rings. The van der Waals surface area contributed by atoms with Crippen molar-refractivity contribution in [2.45, 2.75) is 45.2 Å². The maximum Gasteiger partial charge on any atom is 0.153 e. The van der Waals surface area contributed by atoms with Gasteiger partial charge in [-0.1, -0.05) is 41.4 Å². The molecule has 1 aromatic carbocycles. The fourth-order valence-electron chi connectivity index (χ4n) is 2.48. The van der Waals surface area contributed by atoms with E-state index in [1.165, 1.54) is 18.4 Å². The lowest BCUT2D eigenvalue weighted by molar-refractivity contribution is 0.503. The van der Waals surface area contributed by atoms with Crippen molar-refractivity contribution in [3.8, 4) is 0 Å². The van der Waals surface area contributed by atoms with Crippen LogP contribution in [-0.4, -0.2) is 6.04 Å². The van der Waals surface area contributed by atoms with Gasteiger partial charge in [-0.2, -0.15) is 0 Å². The molecule has 19 heavy (non-hydrogen) atoms. The first kappa shape index (κ1) is 13.5. The highest BCUT2D eigenvalue weighted by molar-refractivity contribution is 9.10. The molecule has 0 saturated heterocycles. The van der Waals surface area contributed by atoms with Gasteiger partial charge < -0.3 is 9.73 Å². The molecule has 0 atom stereocenters. The fourth-order valence-corrected chi connectivity index (χ4v) is 3.33. The van der Waals surface area contributed by atoms with Crippen LogP contribution in [0.1, 0.15) is 43.9 Å². The molecular formula is C15H17BrClNO. The van der Waals surface area contributed by atoms with Crippen molar-refractivity contribution >= 4 is 38.5 Å². The van der Waals surface area contributed by atoms with E-state index < -0.39 is 0 Å². The Balaban J connectivity index is 2.08. The molecule has 0 radical (unpaired) electrons. The van der Waals surface area contributed by atoms with Crippen molar-refractivity contribution < 1.29 is 4.42 Å². The molecule has 4 heteroatoms. The van der Waals surface area contributed by atoms with E-state index in [0.717, 1.165) is 27.7 Å². The van der Waals surface area contributed by atoms with E-state index in [9.17, 15) is 0 Å². The topological polar surface area (TPSA) is 25.2 Å². The SMILES string of the molecule is CC(C)c1c(CNC2CC2)oc2c(Cl)cc(Br)cc12. The number of hydrogen-bond acceptors (Lipinski definition) is 2. The first-order valence-electron chi connectivity index (χ1n) is 6.70. The normalized spacial score (nSPS) is 15.6. The third kappa shape index (κ3) is 2.69. The second-order valence-electron chi connectivity index (χ2n) is 5.51. The second-order valence-corrected chi connectivity index (χ2v) is 6.84. The third-order valence-corrected chi connectivity index (χ3v) is 4.27. The summed E-state index contributed by atoms with van der Waals surface area (Å²) in [6, 6.07) is 4.66. The Labute approximate surface area is 126 Å². The molecule has 0 bridgehead atoms. The molecule has 0 spiro atoms. The van der Waals surface area contributed by atoms with Crippen LogP contribution in [0.2, 0.25) is 5.02 Å². The van der Waals surface area contributed by atoms with Gasteiger partial charge in [0.1, 0.15) is 5.76 Å². The average Bonchev–Trinajstić information content (AvgIpc) is 3.07. The number of hydrogen-bond donors (Lipinski definition) is 1. The highest BCUT2D eigenvalue weighted by atomic mass is 79.9. The Morgan fingerprint density at radius 1 is 1.42 bits per heavy atom. The highest BCUT2D eigenvalue weighted by Gasteiger charge is 2.24. The molecule has 1 saturated carbocycles. The van der Waals surface area contributed by atoms with Crippen LogP contribution in [0.3, 0.4) is 0 Å². The predicted molar refractivity (Wildman–Crippen MR) is 82.9 cm³/mol. The van der Waals surface area contributed by atoms with Crippen LogP contribution in [0, 0.1) is 0 Å². The predicted octanol–water partition coefficient (Wildman–Crippen LogP) is 5.22. The van der Waals surface area contributed by atoms with Crippen LogP contribution in [0.25, 0.3) is 11.0 Å². The van der Waals surface area contributed by atoms with Crippen molar-refractivity contribution in [1.82, 2.24) is 5.32 Å². The first-order valence-corrected chi connectivity index (χ1v) is 7.87. The number of nitrogens with one attached hydrogen (secondary N) is 1. The van der Waals surface area contributed by atoms with Gasteiger partial charge in [-0.05, 0) is 30.9 Å². The molecule has 0 amide bonds. The van der Waals surface area contributed by atoms with E-state index in [-0.39, 0.29) is 0 Å². The lowest BCUT2D eigenvalue weighted by Gasteiger charge is -2.07. The molecule has 0 unspecified atom stereocenters. The van der Waals surface area contributed by atoms with Gasteiger partial charge in [0.05, 0.1) is 11.6 Å². The van der Waals surface area contributed by atoms with E-state index in [1.807, 2.05) is 6.07 Å². The van der Waals surface area contributed by atoms with E-state index in [1.54, 1.807) is 0 Å². The van der Waals surface area contributed by atoms with Crippen LogP contribution >= 0.6 is 27.5 Å². The van der Waals surface area contributed by atoms with E-state index in [0.29, 0.717) is 17.0 Å². The van der Waals surface area contributed by atoms with E-state index in [4.69, 9.17) is 16.0 Å². The average molecular weight is 343 g/mol. The monoisotopic (exact) mass is 341 g/mol. The molecule has 1 aliphatic rings. The minimum atomic E-state index is 0.419. The summed E-state index contributed by atoms with van der Waals surface area (Å²) in [7, 11) is 0. The zero-order chi connectivity index (χ0) is 13.6. The van der Waals surface area contributed by atoms with Crippen LogP contribution in [0.4, 0.5) is 0 Å². The minimum absolute atomic E-state index is 0.419. The van der Waals surface area contributed by atoms with E-state index >= 15 is 0 Å². The molecule has 1 fully saturated rings. The van der Waals surface area contributed by atoms with Crippen LogP contribution in [-0.2, 0) is 6.54 Å². The molecule has 3 rings (SSSR count). The van der Waals surface area contributed by atoms with Gasteiger partial charge >= 0.3 is 0 Å². The Morgan fingerprint density at radius 3 is 2.79 bits per heavy atom. The highest BCUT2D eigenvalue weighted by Crippen LogP contribution is 2.38. The second kappa shape index (κ2) is 5.12. The molecule has 2 nitrogen and oxygen atoms in total. The maximum atomic E-state index is 6.28. The Bertz CT molecular complexity index is 616. The largest absolute Gasteiger partial charge is 0.458 e. The Hall–Kier alpha value is -0.510. The zero-order valence-electron chi connectivity index (χ0n) is 11.1. The molecule has 1 heterocycles. The summed E-state index contributed by atoms with van der Waals surface area (Å²) in [5, 5.41) is 5.31. The molecular weight excluding hydrogens is 326 g/mol. The van der Waals surface area contributed by atoms with Crippen LogP contribution < -0.4 is 5.32 Å². The maximum absolute atomic E-state index is 6.28. The van der Waals surface area contributed by atoms with Gasteiger partial charge in [-0.15, -0.1) is 0 Å². The van der Waals surface area contributed by atoms with Gasteiger partial charge in [0.15, 0.2) is 5.58 Å². The fraction of sp³-hybridized carbons (Fsp3) is 0.467. The van der Waals surface area contributed by atoms with Crippen LogP contribution in [0.5, 0.6) is 0 Å². The Kier molecular flexibility index (Phi) is 3.63.